The fraction of sp³-hybridized carbons (Fsp3) is 0.278. The Kier molecular flexibility index (Phi) is 3.39. The monoisotopic (exact) mass is 284 g/mol. The van der Waals surface area contributed by atoms with Gasteiger partial charge in [0, 0.05) is 16.5 Å². The molecule has 3 rings (SSSR count). The van der Waals surface area contributed by atoms with Crippen LogP contribution < -0.4 is 0 Å². The standard InChI is InChI=1S/C18H17ClO/c1-11-8-17(19)12(2)7-16(11)18(20)15-9-13-5-3-4-6-14(13)10-15/h3-8,15H,9-10H2,1-2H3. The molecule has 2 heteroatoms. The molecular weight excluding hydrogens is 268 g/mol. The molecular formula is C18H17ClO. The molecule has 0 aromatic heterocycles. The lowest BCUT2D eigenvalue weighted by molar-refractivity contribution is 0.0924. The summed E-state index contributed by atoms with van der Waals surface area (Å²) in [6.07, 6.45) is 1.71. The number of carbonyl (C=O) groups is 1. The Hall–Kier alpha value is -1.60. The molecule has 0 saturated carbocycles. The van der Waals surface area contributed by atoms with E-state index in [4.69, 9.17) is 11.6 Å². The number of halogens is 1. The number of fused-ring (bicyclic) bond motifs is 1. The van der Waals surface area contributed by atoms with E-state index < -0.39 is 0 Å². The molecule has 0 saturated heterocycles. The van der Waals surface area contributed by atoms with Gasteiger partial charge in [0.05, 0.1) is 0 Å². The van der Waals surface area contributed by atoms with E-state index >= 15 is 0 Å². The van der Waals surface area contributed by atoms with Crippen molar-refractivity contribution in [2.45, 2.75) is 26.7 Å². The Labute approximate surface area is 124 Å². The molecule has 2 aromatic carbocycles. The van der Waals surface area contributed by atoms with Gasteiger partial charge in [0.1, 0.15) is 0 Å². The number of rotatable bonds is 2. The molecule has 1 nitrogen and oxygen atoms in total. The molecule has 0 heterocycles. The molecule has 0 amide bonds. The molecule has 2 aromatic rings. The second kappa shape index (κ2) is 5.06. The zero-order chi connectivity index (χ0) is 14.3. The van der Waals surface area contributed by atoms with Gasteiger partial charge in [-0.05, 0) is 61.1 Å². The second-order valence-electron chi connectivity index (χ2n) is 5.65. The van der Waals surface area contributed by atoms with Crippen LogP contribution in [0, 0.1) is 19.8 Å². The summed E-state index contributed by atoms with van der Waals surface area (Å²) in [5, 5.41) is 0.730. The minimum atomic E-state index is 0.0756. The third-order valence-corrected chi connectivity index (χ3v) is 4.60. The Bertz CT molecular complexity index is 663. The maximum Gasteiger partial charge on any atom is 0.166 e. The second-order valence-corrected chi connectivity index (χ2v) is 6.06. The summed E-state index contributed by atoms with van der Waals surface area (Å²) in [6.45, 7) is 3.91. The highest BCUT2D eigenvalue weighted by atomic mass is 35.5. The Morgan fingerprint density at radius 2 is 1.65 bits per heavy atom. The van der Waals surface area contributed by atoms with Crippen molar-refractivity contribution in [3.8, 4) is 0 Å². The number of hydrogen-bond acceptors (Lipinski definition) is 1. The van der Waals surface area contributed by atoms with Crippen molar-refractivity contribution in [2.75, 3.05) is 0 Å². The van der Waals surface area contributed by atoms with Crippen molar-refractivity contribution in [1.29, 1.82) is 0 Å². The van der Waals surface area contributed by atoms with E-state index in [0.717, 1.165) is 34.6 Å². The first-order valence-corrected chi connectivity index (χ1v) is 7.32. The van der Waals surface area contributed by atoms with Crippen LogP contribution in [0.2, 0.25) is 5.02 Å². The van der Waals surface area contributed by atoms with Crippen LogP contribution in [0.3, 0.4) is 0 Å². The first-order chi connectivity index (χ1) is 9.56. The Morgan fingerprint density at radius 1 is 1.05 bits per heavy atom. The minimum Gasteiger partial charge on any atom is -0.294 e. The maximum atomic E-state index is 12.8. The number of benzene rings is 2. The maximum absolute atomic E-state index is 12.8. The van der Waals surface area contributed by atoms with Gasteiger partial charge in [-0.15, -0.1) is 0 Å². The number of ketones is 1. The number of aryl methyl sites for hydroxylation is 2. The topological polar surface area (TPSA) is 17.1 Å². The quantitative estimate of drug-likeness (QED) is 0.739. The molecule has 0 spiro atoms. The lowest BCUT2D eigenvalue weighted by atomic mass is 9.91. The highest BCUT2D eigenvalue weighted by Crippen LogP contribution is 2.31. The van der Waals surface area contributed by atoms with E-state index in [-0.39, 0.29) is 11.7 Å². The minimum absolute atomic E-state index is 0.0756. The van der Waals surface area contributed by atoms with Crippen molar-refractivity contribution < 1.29 is 4.79 Å². The summed E-state index contributed by atoms with van der Waals surface area (Å²) < 4.78 is 0. The lowest BCUT2D eigenvalue weighted by Gasteiger charge is -2.12. The third-order valence-electron chi connectivity index (χ3n) is 4.19. The van der Waals surface area contributed by atoms with Crippen molar-refractivity contribution in [1.82, 2.24) is 0 Å². The molecule has 1 aliphatic carbocycles. The average molecular weight is 285 g/mol. The van der Waals surface area contributed by atoms with Crippen molar-refractivity contribution in [3.05, 3.63) is 69.2 Å². The van der Waals surface area contributed by atoms with Gasteiger partial charge in [0.25, 0.3) is 0 Å². The first kappa shape index (κ1) is 13.4. The van der Waals surface area contributed by atoms with Crippen LogP contribution in [0.4, 0.5) is 0 Å². The van der Waals surface area contributed by atoms with Crippen LogP contribution in [0.25, 0.3) is 0 Å². The predicted molar refractivity (Wildman–Crippen MR) is 82.6 cm³/mol. The summed E-state index contributed by atoms with van der Waals surface area (Å²) in [4.78, 5) is 12.8. The zero-order valence-electron chi connectivity index (χ0n) is 11.7. The summed E-state index contributed by atoms with van der Waals surface area (Å²) in [5.74, 6) is 0.324. The zero-order valence-corrected chi connectivity index (χ0v) is 12.5. The fourth-order valence-electron chi connectivity index (χ4n) is 3.01. The van der Waals surface area contributed by atoms with Crippen LogP contribution in [0.15, 0.2) is 36.4 Å². The van der Waals surface area contributed by atoms with E-state index in [1.54, 1.807) is 0 Å². The highest BCUT2D eigenvalue weighted by molar-refractivity contribution is 6.31. The molecule has 0 aliphatic heterocycles. The van der Waals surface area contributed by atoms with Gasteiger partial charge < -0.3 is 0 Å². The number of carbonyl (C=O) groups excluding carboxylic acids is 1. The lowest BCUT2D eigenvalue weighted by Crippen LogP contribution is -2.16. The summed E-state index contributed by atoms with van der Waals surface area (Å²) in [6, 6.07) is 12.2. The highest BCUT2D eigenvalue weighted by Gasteiger charge is 2.28. The van der Waals surface area contributed by atoms with E-state index in [1.807, 2.05) is 38.1 Å². The van der Waals surface area contributed by atoms with E-state index in [1.165, 1.54) is 11.1 Å². The number of Topliss-reactive ketones (excluding diaryl/α,β-unsaturated/α-hetero) is 1. The van der Waals surface area contributed by atoms with Gasteiger partial charge in [-0.2, -0.15) is 0 Å². The van der Waals surface area contributed by atoms with Crippen molar-refractivity contribution >= 4 is 17.4 Å². The molecule has 0 N–H and O–H groups in total. The van der Waals surface area contributed by atoms with Gasteiger partial charge >= 0.3 is 0 Å². The summed E-state index contributed by atoms with van der Waals surface area (Å²) >= 11 is 6.11. The molecule has 0 atom stereocenters. The molecule has 0 radical (unpaired) electrons. The first-order valence-electron chi connectivity index (χ1n) is 6.94. The van der Waals surface area contributed by atoms with Gasteiger partial charge in [0.2, 0.25) is 0 Å². The molecule has 0 fully saturated rings. The molecule has 0 bridgehead atoms. The molecule has 1 aliphatic rings. The number of hydrogen-bond donors (Lipinski definition) is 0. The van der Waals surface area contributed by atoms with Crippen LogP contribution in [0.5, 0.6) is 0 Å². The summed E-state index contributed by atoms with van der Waals surface area (Å²) in [7, 11) is 0. The van der Waals surface area contributed by atoms with E-state index in [9.17, 15) is 4.79 Å². The largest absolute Gasteiger partial charge is 0.294 e. The summed E-state index contributed by atoms with van der Waals surface area (Å²) in [5.41, 5.74) is 5.39. The van der Waals surface area contributed by atoms with Gasteiger partial charge in [-0.3, -0.25) is 4.79 Å². The average Bonchev–Trinajstić information content (AvgIpc) is 2.86. The van der Waals surface area contributed by atoms with Gasteiger partial charge in [0.15, 0.2) is 5.78 Å². The van der Waals surface area contributed by atoms with Crippen molar-refractivity contribution in [2.24, 2.45) is 5.92 Å². The smallest absolute Gasteiger partial charge is 0.166 e. The Balaban J connectivity index is 1.90. The van der Waals surface area contributed by atoms with E-state index in [0.29, 0.717) is 0 Å². The third kappa shape index (κ3) is 2.27. The van der Waals surface area contributed by atoms with Crippen LogP contribution >= 0.6 is 11.6 Å². The SMILES string of the molecule is Cc1cc(C(=O)C2Cc3ccccc3C2)c(C)cc1Cl. The van der Waals surface area contributed by atoms with Gasteiger partial charge in [-0.1, -0.05) is 35.9 Å². The Morgan fingerprint density at radius 3 is 2.25 bits per heavy atom. The normalized spacial score (nSPS) is 14.3. The van der Waals surface area contributed by atoms with Crippen LogP contribution in [-0.2, 0) is 12.8 Å². The van der Waals surface area contributed by atoms with Crippen LogP contribution in [0.1, 0.15) is 32.6 Å². The fourth-order valence-corrected chi connectivity index (χ4v) is 3.23. The molecule has 20 heavy (non-hydrogen) atoms. The van der Waals surface area contributed by atoms with Crippen molar-refractivity contribution in [3.63, 3.8) is 0 Å². The molecule has 102 valence electrons. The van der Waals surface area contributed by atoms with E-state index in [2.05, 4.69) is 12.1 Å². The van der Waals surface area contributed by atoms with Gasteiger partial charge in [-0.25, -0.2) is 0 Å². The molecule has 0 unspecified atom stereocenters. The predicted octanol–water partition coefficient (Wildman–Crippen LogP) is 4.55. The van der Waals surface area contributed by atoms with Crippen LogP contribution in [-0.4, -0.2) is 5.78 Å².